The summed E-state index contributed by atoms with van der Waals surface area (Å²) in [4.78, 5) is 15.3. The number of nitrogens with zero attached hydrogens (tertiary/aromatic N) is 1. The first-order chi connectivity index (χ1) is 11.0. The van der Waals surface area contributed by atoms with E-state index in [0.717, 1.165) is 37.3 Å². The van der Waals surface area contributed by atoms with Crippen molar-refractivity contribution in [1.82, 2.24) is 4.90 Å². The predicted octanol–water partition coefficient (Wildman–Crippen LogP) is 2.32. The lowest BCUT2D eigenvalue weighted by atomic mass is 9.44. The summed E-state index contributed by atoms with van der Waals surface area (Å²) < 4.78 is 11.9. The van der Waals surface area contributed by atoms with Gasteiger partial charge in [0.2, 0.25) is 0 Å². The number of likely N-dealkylation sites (N-methyl/N-ethyl adjacent to an activating group) is 1. The Morgan fingerprint density at radius 1 is 1.35 bits per heavy atom. The Kier molecular flexibility index (Phi) is 2.47. The van der Waals surface area contributed by atoms with Gasteiger partial charge in [0.25, 0.3) is 0 Å². The van der Waals surface area contributed by atoms with E-state index in [4.69, 9.17) is 9.47 Å². The summed E-state index contributed by atoms with van der Waals surface area (Å²) in [5, 5.41) is 0. The van der Waals surface area contributed by atoms with Crippen LogP contribution in [0.3, 0.4) is 0 Å². The minimum absolute atomic E-state index is 0.100. The molecule has 0 N–H and O–H groups in total. The van der Waals surface area contributed by atoms with E-state index in [2.05, 4.69) is 24.9 Å². The largest absolute Gasteiger partial charge is 0.493 e. The van der Waals surface area contributed by atoms with E-state index in [0.29, 0.717) is 12.5 Å². The Morgan fingerprint density at radius 3 is 2.96 bits per heavy atom. The van der Waals surface area contributed by atoms with Gasteiger partial charge in [-0.2, -0.15) is 0 Å². The lowest BCUT2D eigenvalue weighted by Gasteiger charge is -2.63. The number of methoxy groups -OCH3 is 1. The maximum absolute atomic E-state index is 12.8. The molecule has 1 saturated carbocycles. The van der Waals surface area contributed by atoms with Crippen molar-refractivity contribution in [2.24, 2.45) is 5.41 Å². The molecule has 1 spiro atoms. The second-order valence-electron chi connectivity index (χ2n) is 7.93. The molecule has 1 aromatic carbocycles. The average molecular weight is 313 g/mol. The number of likely N-dealkylation sites (tertiary alicyclic amines) is 1. The molecule has 1 aromatic rings. The highest BCUT2D eigenvalue weighted by molar-refractivity contribution is 5.89. The molecule has 2 bridgehead atoms. The second kappa shape index (κ2) is 4.10. The summed E-state index contributed by atoms with van der Waals surface area (Å²) >= 11 is 0. The minimum atomic E-state index is -0.317. The first-order valence-electron chi connectivity index (χ1n) is 8.63. The van der Waals surface area contributed by atoms with E-state index in [1.165, 1.54) is 11.1 Å². The van der Waals surface area contributed by atoms with E-state index >= 15 is 0 Å². The number of piperidine rings is 1. The van der Waals surface area contributed by atoms with Crippen LogP contribution in [0.5, 0.6) is 11.5 Å². The van der Waals surface area contributed by atoms with Crippen LogP contribution in [0.1, 0.15) is 37.3 Å². The average Bonchev–Trinajstić information content (AvgIpc) is 2.90. The van der Waals surface area contributed by atoms with Crippen LogP contribution in [0.4, 0.5) is 0 Å². The fourth-order valence-electron chi connectivity index (χ4n) is 6.14. The highest BCUT2D eigenvalue weighted by Gasteiger charge is 2.70. The van der Waals surface area contributed by atoms with Crippen LogP contribution < -0.4 is 9.47 Å². The Labute approximate surface area is 136 Å². The Bertz CT molecular complexity index is 730. The molecule has 1 saturated heterocycles. The van der Waals surface area contributed by atoms with Gasteiger partial charge in [-0.05, 0) is 49.9 Å². The summed E-state index contributed by atoms with van der Waals surface area (Å²) in [7, 11) is 3.92. The second-order valence-corrected chi connectivity index (χ2v) is 7.93. The maximum Gasteiger partial charge on any atom is 0.174 e. The first kappa shape index (κ1) is 13.8. The molecule has 5 rings (SSSR count). The van der Waals surface area contributed by atoms with Gasteiger partial charge in [0.15, 0.2) is 23.4 Å². The first-order valence-corrected chi connectivity index (χ1v) is 8.63. The number of ketones is 1. The molecule has 0 aromatic heterocycles. The van der Waals surface area contributed by atoms with Gasteiger partial charge in [0.05, 0.1) is 12.5 Å². The SMILES string of the molecule is COc1ccc2c3c1OC1C(=O)CCC4(C)C(C2)N(C)CC[C@]314. The minimum Gasteiger partial charge on any atom is -0.493 e. The van der Waals surface area contributed by atoms with Crippen LogP contribution in [0.25, 0.3) is 0 Å². The Hall–Kier alpha value is -1.55. The summed E-state index contributed by atoms with van der Waals surface area (Å²) in [6.07, 6.45) is 3.34. The summed E-state index contributed by atoms with van der Waals surface area (Å²) in [5.41, 5.74) is 2.59. The van der Waals surface area contributed by atoms with Crippen LogP contribution in [-0.4, -0.2) is 43.5 Å². The molecule has 4 aliphatic rings. The number of hydrogen-bond acceptors (Lipinski definition) is 4. The number of benzene rings is 1. The molecule has 4 nitrogen and oxygen atoms in total. The van der Waals surface area contributed by atoms with E-state index < -0.39 is 0 Å². The number of Topliss-reactive ketones (excluding diaryl/α,β-unsaturated/α-hetero) is 1. The van der Waals surface area contributed by atoms with Crippen molar-refractivity contribution < 1.29 is 14.3 Å². The standard InChI is InChI=1S/C19H23NO3/c1-18-7-6-12(21)17-19(18)8-9-20(2)14(18)10-11-4-5-13(22-3)16(23-17)15(11)19/h4-5,14,17H,6-10H2,1-3H3/t14?,17?,18?,19-/m0/s1. The van der Waals surface area contributed by atoms with Gasteiger partial charge in [0.1, 0.15) is 0 Å². The lowest BCUT2D eigenvalue weighted by molar-refractivity contribution is -0.150. The van der Waals surface area contributed by atoms with Gasteiger partial charge in [0, 0.05) is 18.0 Å². The molecule has 2 fully saturated rings. The number of carbonyl (C=O) groups excluding carboxylic acids is 1. The van der Waals surface area contributed by atoms with E-state index in [9.17, 15) is 4.79 Å². The molecule has 3 unspecified atom stereocenters. The molecular formula is C19H23NO3. The van der Waals surface area contributed by atoms with Crippen molar-refractivity contribution in [3.8, 4) is 11.5 Å². The summed E-state index contributed by atoms with van der Waals surface area (Å²) in [6, 6.07) is 4.68. The van der Waals surface area contributed by atoms with E-state index in [-0.39, 0.29) is 22.7 Å². The smallest absolute Gasteiger partial charge is 0.174 e. The monoisotopic (exact) mass is 313 g/mol. The molecule has 2 heterocycles. The number of carbonyl (C=O) groups is 1. The topological polar surface area (TPSA) is 38.8 Å². The van der Waals surface area contributed by atoms with Crippen molar-refractivity contribution in [1.29, 1.82) is 0 Å². The van der Waals surface area contributed by atoms with Crippen molar-refractivity contribution >= 4 is 5.78 Å². The zero-order valence-electron chi connectivity index (χ0n) is 14.0. The Morgan fingerprint density at radius 2 is 2.17 bits per heavy atom. The van der Waals surface area contributed by atoms with Gasteiger partial charge in [-0.15, -0.1) is 0 Å². The summed E-state index contributed by atoms with van der Waals surface area (Å²) in [6.45, 7) is 3.43. The van der Waals surface area contributed by atoms with E-state index in [1.54, 1.807) is 7.11 Å². The number of rotatable bonds is 1. The van der Waals surface area contributed by atoms with Crippen molar-refractivity contribution in [3.05, 3.63) is 23.3 Å². The maximum atomic E-state index is 12.8. The van der Waals surface area contributed by atoms with Gasteiger partial charge >= 0.3 is 0 Å². The third-order valence-electron chi connectivity index (χ3n) is 7.30. The molecule has 0 radical (unpaired) electrons. The van der Waals surface area contributed by atoms with Crippen LogP contribution in [0, 0.1) is 5.41 Å². The summed E-state index contributed by atoms with van der Waals surface area (Å²) in [5.74, 6) is 1.90. The van der Waals surface area contributed by atoms with Gasteiger partial charge in [-0.3, -0.25) is 4.79 Å². The van der Waals surface area contributed by atoms with E-state index in [1.807, 2.05) is 6.07 Å². The molecular weight excluding hydrogens is 290 g/mol. The molecule has 4 atom stereocenters. The third-order valence-corrected chi connectivity index (χ3v) is 7.30. The zero-order valence-corrected chi connectivity index (χ0v) is 14.0. The van der Waals surface area contributed by atoms with Crippen molar-refractivity contribution in [2.75, 3.05) is 20.7 Å². The fourth-order valence-corrected chi connectivity index (χ4v) is 6.14. The highest BCUT2D eigenvalue weighted by atomic mass is 16.5. The van der Waals surface area contributed by atoms with Gasteiger partial charge < -0.3 is 14.4 Å². The third kappa shape index (κ3) is 1.33. The molecule has 2 aliphatic heterocycles. The number of hydrogen-bond donors (Lipinski definition) is 0. The number of ether oxygens (including phenoxy) is 2. The highest BCUT2D eigenvalue weighted by Crippen LogP contribution is 2.68. The molecule has 4 heteroatoms. The molecule has 122 valence electrons. The normalized spacial score (nSPS) is 40.6. The molecule has 0 amide bonds. The van der Waals surface area contributed by atoms with Gasteiger partial charge in [-0.1, -0.05) is 13.0 Å². The molecule has 23 heavy (non-hydrogen) atoms. The zero-order chi connectivity index (χ0) is 16.0. The lowest BCUT2D eigenvalue weighted by Crippen LogP contribution is -2.70. The van der Waals surface area contributed by atoms with Gasteiger partial charge in [-0.25, -0.2) is 0 Å². The van der Waals surface area contributed by atoms with Crippen molar-refractivity contribution in [3.63, 3.8) is 0 Å². The Balaban J connectivity index is 1.86. The molecule has 2 aliphatic carbocycles. The fraction of sp³-hybridized carbons (Fsp3) is 0.632. The predicted molar refractivity (Wildman–Crippen MR) is 86.2 cm³/mol. The van der Waals surface area contributed by atoms with Crippen LogP contribution >= 0.6 is 0 Å². The van der Waals surface area contributed by atoms with Crippen LogP contribution in [-0.2, 0) is 16.6 Å². The van der Waals surface area contributed by atoms with Crippen LogP contribution in [0.15, 0.2) is 12.1 Å². The van der Waals surface area contributed by atoms with Crippen molar-refractivity contribution in [2.45, 2.75) is 50.2 Å². The van der Waals surface area contributed by atoms with Crippen LogP contribution in [0.2, 0.25) is 0 Å². The quantitative estimate of drug-likeness (QED) is 0.797.